The average molecular weight is 367 g/mol. The first-order valence-electron chi connectivity index (χ1n) is 9.34. The molecule has 2 aromatic heterocycles. The summed E-state index contributed by atoms with van der Waals surface area (Å²) in [6, 6.07) is 24.7. The molecule has 0 saturated carbocycles. The van der Waals surface area contributed by atoms with Crippen LogP contribution in [0.4, 0.5) is 0 Å². The Labute approximate surface area is 164 Å². The lowest BCUT2D eigenvalue weighted by Crippen LogP contribution is -1.97. The minimum atomic E-state index is 0.485. The fraction of sp³-hybridized carbons (Fsp3) is 0.167. The summed E-state index contributed by atoms with van der Waals surface area (Å²) in [7, 11) is 1.68. The van der Waals surface area contributed by atoms with Crippen molar-refractivity contribution in [1.82, 2.24) is 9.97 Å². The van der Waals surface area contributed by atoms with Crippen LogP contribution in [-0.2, 0) is 12.8 Å². The highest BCUT2D eigenvalue weighted by molar-refractivity contribution is 5.92. The van der Waals surface area contributed by atoms with E-state index in [0.29, 0.717) is 12.8 Å². The first kappa shape index (κ1) is 17.8. The molecule has 0 radical (unpaired) electrons. The van der Waals surface area contributed by atoms with E-state index in [1.807, 2.05) is 48.5 Å². The highest BCUT2D eigenvalue weighted by Gasteiger charge is 2.15. The molecule has 0 saturated heterocycles. The molecule has 0 spiro atoms. The second kappa shape index (κ2) is 7.98. The number of rotatable bonds is 6. The molecule has 4 aromatic rings. The predicted octanol–water partition coefficient (Wildman–Crippen LogP) is 5.29. The normalized spacial score (nSPS) is 10.7. The van der Waals surface area contributed by atoms with Crippen LogP contribution in [0.2, 0.25) is 0 Å². The summed E-state index contributed by atoms with van der Waals surface area (Å²) < 4.78 is 5.39. The summed E-state index contributed by atoms with van der Waals surface area (Å²) in [6.07, 6.45) is 1.89. The van der Waals surface area contributed by atoms with E-state index in [-0.39, 0.29) is 0 Å². The third-order valence-electron chi connectivity index (χ3n) is 4.89. The van der Waals surface area contributed by atoms with Crippen LogP contribution in [0.15, 0.2) is 66.7 Å². The molecule has 28 heavy (non-hydrogen) atoms. The highest BCUT2D eigenvalue weighted by Crippen LogP contribution is 2.33. The monoisotopic (exact) mass is 367 g/mol. The Hall–Kier alpha value is -3.58. The van der Waals surface area contributed by atoms with E-state index < -0.39 is 0 Å². The van der Waals surface area contributed by atoms with Crippen LogP contribution in [0.25, 0.3) is 22.2 Å². The van der Waals surface area contributed by atoms with E-state index in [1.165, 1.54) is 10.9 Å². The highest BCUT2D eigenvalue weighted by atomic mass is 16.5. The average Bonchev–Trinajstić information content (AvgIpc) is 3.10. The van der Waals surface area contributed by atoms with Gasteiger partial charge in [0, 0.05) is 47.6 Å². The molecule has 0 unspecified atom stereocenters. The molecule has 4 heteroatoms. The number of nitrogens with one attached hydrogen (secondary N) is 1. The zero-order valence-electron chi connectivity index (χ0n) is 15.8. The number of ether oxygens (including phenoxy) is 1. The number of hydrogen-bond donors (Lipinski definition) is 1. The first-order chi connectivity index (χ1) is 13.8. The number of hydrogen-bond acceptors (Lipinski definition) is 3. The van der Waals surface area contributed by atoms with Gasteiger partial charge in [-0.3, -0.25) is 4.98 Å². The van der Waals surface area contributed by atoms with Gasteiger partial charge < -0.3 is 9.72 Å². The zero-order chi connectivity index (χ0) is 19.3. The lowest BCUT2D eigenvalue weighted by Gasteiger charge is -2.07. The number of nitrogens with zero attached hydrogens (tertiary/aromatic N) is 2. The quantitative estimate of drug-likeness (QED) is 0.504. The molecule has 0 aliphatic heterocycles. The molecule has 0 atom stereocenters. The largest absolute Gasteiger partial charge is 0.497 e. The summed E-state index contributed by atoms with van der Waals surface area (Å²) in [6.45, 7) is 0. The summed E-state index contributed by atoms with van der Waals surface area (Å²) in [5.74, 6) is 0.830. The molecule has 1 N–H and O–H groups in total. The van der Waals surface area contributed by atoms with Gasteiger partial charge in [-0.25, -0.2) is 0 Å². The fourth-order valence-corrected chi connectivity index (χ4v) is 3.53. The van der Waals surface area contributed by atoms with Crippen molar-refractivity contribution in [3.8, 4) is 23.1 Å². The number of benzene rings is 2. The van der Waals surface area contributed by atoms with Gasteiger partial charge in [-0.2, -0.15) is 5.26 Å². The minimum absolute atomic E-state index is 0.485. The molecular weight excluding hydrogens is 346 g/mol. The maximum atomic E-state index is 8.84. The maximum Gasteiger partial charge on any atom is 0.120 e. The van der Waals surface area contributed by atoms with Gasteiger partial charge >= 0.3 is 0 Å². The van der Waals surface area contributed by atoms with E-state index >= 15 is 0 Å². The standard InChI is InChI=1S/C24H21N3O/c1-28-20-12-13-21-22(15-19-10-5-9-18(26-19)11-6-14-25)24(27-23(21)16-20)17-7-3-2-4-8-17/h2-5,7-10,12-13,16,27H,6,11,15H2,1H3. The number of aromatic amines is 1. The van der Waals surface area contributed by atoms with Gasteiger partial charge in [-0.15, -0.1) is 0 Å². The van der Waals surface area contributed by atoms with Crippen molar-refractivity contribution in [2.75, 3.05) is 7.11 Å². The third-order valence-corrected chi connectivity index (χ3v) is 4.89. The molecular formula is C24H21N3O. The molecule has 0 bridgehead atoms. The maximum absolute atomic E-state index is 8.84. The van der Waals surface area contributed by atoms with Gasteiger partial charge in [-0.05, 0) is 35.4 Å². The van der Waals surface area contributed by atoms with Crippen molar-refractivity contribution in [2.24, 2.45) is 0 Å². The fourth-order valence-electron chi connectivity index (χ4n) is 3.53. The summed E-state index contributed by atoms with van der Waals surface area (Å²) in [5.41, 5.74) is 6.48. The lowest BCUT2D eigenvalue weighted by molar-refractivity contribution is 0.415. The number of H-pyrrole nitrogens is 1. The molecule has 0 amide bonds. The van der Waals surface area contributed by atoms with Crippen molar-refractivity contribution in [2.45, 2.75) is 19.3 Å². The molecule has 0 fully saturated rings. The molecule has 0 aliphatic rings. The lowest BCUT2D eigenvalue weighted by atomic mass is 10.0. The molecule has 2 aromatic carbocycles. The van der Waals surface area contributed by atoms with Crippen molar-refractivity contribution in [3.05, 3.63) is 83.7 Å². The van der Waals surface area contributed by atoms with Crippen LogP contribution in [0.3, 0.4) is 0 Å². The van der Waals surface area contributed by atoms with Crippen LogP contribution in [-0.4, -0.2) is 17.1 Å². The first-order valence-corrected chi connectivity index (χ1v) is 9.34. The van der Waals surface area contributed by atoms with Gasteiger partial charge in [0.2, 0.25) is 0 Å². The molecule has 0 aliphatic carbocycles. The van der Waals surface area contributed by atoms with Crippen LogP contribution in [0.5, 0.6) is 5.75 Å². The van der Waals surface area contributed by atoms with Crippen molar-refractivity contribution in [3.63, 3.8) is 0 Å². The number of nitriles is 1. The number of aromatic nitrogens is 2. The topological polar surface area (TPSA) is 61.7 Å². The van der Waals surface area contributed by atoms with E-state index in [2.05, 4.69) is 29.3 Å². The van der Waals surface area contributed by atoms with Gasteiger partial charge in [-0.1, -0.05) is 36.4 Å². The SMILES string of the molecule is COc1ccc2c(Cc3cccc(CCC#N)n3)c(-c3ccccc3)[nH]c2c1. The van der Waals surface area contributed by atoms with E-state index in [9.17, 15) is 0 Å². The van der Waals surface area contributed by atoms with Gasteiger partial charge in [0.25, 0.3) is 0 Å². The molecule has 4 rings (SSSR count). The van der Waals surface area contributed by atoms with Crippen molar-refractivity contribution >= 4 is 10.9 Å². The van der Waals surface area contributed by atoms with E-state index in [0.717, 1.165) is 40.3 Å². The molecule has 4 nitrogen and oxygen atoms in total. The van der Waals surface area contributed by atoms with Crippen LogP contribution in [0.1, 0.15) is 23.4 Å². The Morgan fingerprint density at radius 1 is 1.00 bits per heavy atom. The van der Waals surface area contributed by atoms with Crippen LogP contribution in [0, 0.1) is 11.3 Å². The molecule has 2 heterocycles. The third kappa shape index (κ3) is 3.60. The van der Waals surface area contributed by atoms with Gasteiger partial charge in [0.1, 0.15) is 5.75 Å². The Kier molecular flexibility index (Phi) is 5.07. The predicted molar refractivity (Wildman–Crippen MR) is 111 cm³/mol. The smallest absolute Gasteiger partial charge is 0.120 e. The minimum Gasteiger partial charge on any atom is -0.497 e. The van der Waals surface area contributed by atoms with Gasteiger partial charge in [0.15, 0.2) is 0 Å². The zero-order valence-corrected chi connectivity index (χ0v) is 15.8. The summed E-state index contributed by atoms with van der Waals surface area (Å²) in [4.78, 5) is 8.34. The Morgan fingerprint density at radius 2 is 1.82 bits per heavy atom. The number of pyridine rings is 1. The van der Waals surface area contributed by atoms with Crippen molar-refractivity contribution in [1.29, 1.82) is 5.26 Å². The Balaban J connectivity index is 1.80. The summed E-state index contributed by atoms with van der Waals surface area (Å²) in [5, 5.41) is 10.0. The number of fused-ring (bicyclic) bond motifs is 1. The Morgan fingerprint density at radius 3 is 2.61 bits per heavy atom. The molecule has 138 valence electrons. The van der Waals surface area contributed by atoms with E-state index in [4.69, 9.17) is 15.0 Å². The van der Waals surface area contributed by atoms with Gasteiger partial charge in [0.05, 0.1) is 18.9 Å². The number of aryl methyl sites for hydroxylation is 1. The van der Waals surface area contributed by atoms with Crippen LogP contribution < -0.4 is 4.74 Å². The number of methoxy groups -OCH3 is 1. The van der Waals surface area contributed by atoms with Crippen molar-refractivity contribution < 1.29 is 4.74 Å². The second-order valence-corrected chi connectivity index (χ2v) is 6.71. The Bertz CT molecular complexity index is 1140. The second-order valence-electron chi connectivity index (χ2n) is 6.71. The van der Waals surface area contributed by atoms with E-state index in [1.54, 1.807) is 7.11 Å². The summed E-state index contributed by atoms with van der Waals surface area (Å²) >= 11 is 0. The van der Waals surface area contributed by atoms with Crippen LogP contribution >= 0.6 is 0 Å².